The number of rotatable bonds is 4. The Morgan fingerprint density at radius 3 is 2.81 bits per heavy atom. The summed E-state index contributed by atoms with van der Waals surface area (Å²) in [5.74, 6) is 0.765. The molecule has 0 radical (unpaired) electrons. The Labute approximate surface area is 96.3 Å². The summed E-state index contributed by atoms with van der Waals surface area (Å²) in [7, 11) is 0. The number of aliphatic hydroxyl groups is 1. The van der Waals surface area contributed by atoms with Gasteiger partial charge in [-0.05, 0) is 25.8 Å². The van der Waals surface area contributed by atoms with Gasteiger partial charge >= 0.3 is 0 Å². The van der Waals surface area contributed by atoms with Crippen LogP contribution in [0.3, 0.4) is 0 Å². The summed E-state index contributed by atoms with van der Waals surface area (Å²) in [6.45, 7) is 2.76. The van der Waals surface area contributed by atoms with E-state index >= 15 is 0 Å². The van der Waals surface area contributed by atoms with Crippen LogP contribution in [0.1, 0.15) is 31.4 Å². The van der Waals surface area contributed by atoms with E-state index in [1.165, 1.54) is 25.7 Å². The van der Waals surface area contributed by atoms with Crippen molar-refractivity contribution < 1.29 is 5.11 Å². The largest absolute Gasteiger partial charge is 0.395 e. The van der Waals surface area contributed by atoms with E-state index in [4.69, 9.17) is 5.11 Å². The molecule has 4 nitrogen and oxygen atoms in total. The van der Waals surface area contributed by atoms with E-state index in [2.05, 4.69) is 14.9 Å². The maximum absolute atomic E-state index is 9.13. The van der Waals surface area contributed by atoms with Crippen LogP contribution in [0.2, 0.25) is 0 Å². The van der Waals surface area contributed by atoms with Crippen LogP contribution in [0.5, 0.6) is 0 Å². The Hall–Kier alpha value is -1.16. The van der Waals surface area contributed by atoms with Crippen LogP contribution in [0.15, 0.2) is 12.3 Å². The number of hydrogen-bond donors (Lipinski definition) is 1. The van der Waals surface area contributed by atoms with Crippen molar-refractivity contribution in [1.29, 1.82) is 0 Å². The highest BCUT2D eigenvalue weighted by molar-refractivity contribution is 5.32. The third-order valence-corrected chi connectivity index (χ3v) is 3.15. The van der Waals surface area contributed by atoms with Crippen LogP contribution in [0, 0.1) is 6.92 Å². The summed E-state index contributed by atoms with van der Waals surface area (Å²) in [5, 5.41) is 9.13. The van der Waals surface area contributed by atoms with Crippen LogP contribution in [0.25, 0.3) is 0 Å². The number of aromatic nitrogens is 2. The van der Waals surface area contributed by atoms with Crippen molar-refractivity contribution in [2.45, 2.75) is 38.6 Å². The predicted octanol–water partition coefficient (Wildman–Crippen LogP) is 1.53. The Morgan fingerprint density at radius 1 is 1.44 bits per heavy atom. The highest BCUT2D eigenvalue weighted by atomic mass is 16.3. The van der Waals surface area contributed by atoms with Crippen LogP contribution in [-0.2, 0) is 0 Å². The molecule has 1 aromatic rings. The Bertz CT molecular complexity index is 337. The molecule has 1 N–H and O–H groups in total. The van der Waals surface area contributed by atoms with Gasteiger partial charge in [-0.2, -0.15) is 0 Å². The quantitative estimate of drug-likeness (QED) is 0.837. The molecule has 0 bridgehead atoms. The summed E-state index contributed by atoms with van der Waals surface area (Å²) in [6, 6.07) is 2.41. The highest BCUT2D eigenvalue weighted by Gasteiger charge is 2.24. The van der Waals surface area contributed by atoms with Gasteiger partial charge in [0.15, 0.2) is 0 Å². The molecule has 4 heteroatoms. The van der Waals surface area contributed by atoms with Crippen molar-refractivity contribution >= 4 is 5.95 Å². The maximum Gasteiger partial charge on any atom is 0.225 e. The molecule has 1 aliphatic rings. The third-order valence-electron chi connectivity index (χ3n) is 3.15. The molecule has 1 aromatic heterocycles. The monoisotopic (exact) mass is 221 g/mol. The van der Waals surface area contributed by atoms with E-state index in [0.717, 1.165) is 11.6 Å². The smallest absolute Gasteiger partial charge is 0.225 e. The van der Waals surface area contributed by atoms with Crippen molar-refractivity contribution in [1.82, 2.24) is 9.97 Å². The van der Waals surface area contributed by atoms with Crippen molar-refractivity contribution in [3.63, 3.8) is 0 Å². The minimum Gasteiger partial charge on any atom is -0.395 e. The van der Waals surface area contributed by atoms with E-state index in [1.807, 2.05) is 13.0 Å². The molecule has 1 saturated carbocycles. The molecule has 0 aliphatic heterocycles. The standard InChI is InChI=1S/C12H19N3O/c1-10-6-7-13-12(14-10)15(8-9-16)11-4-2-3-5-11/h6-7,11,16H,2-5,8-9H2,1H3. The Morgan fingerprint density at radius 2 is 2.19 bits per heavy atom. The summed E-state index contributed by atoms with van der Waals surface area (Å²) in [6.07, 6.45) is 6.72. The lowest BCUT2D eigenvalue weighted by molar-refractivity contribution is 0.296. The van der Waals surface area contributed by atoms with Crippen LogP contribution in [0.4, 0.5) is 5.95 Å². The second-order valence-corrected chi connectivity index (χ2v) is 4.35. The molecule has 2 rings (SSSR count). The topological polar surface area (TPSA) is 49.2 Å². The van der Waals surface area contributed by atoms with Crippen molar-refractivity contribution in [2.75, 3.05) is 18.1 Å². The number of aryl methyl sites for hydroxylation is 1. The van der Waals surface area contributed by atoms with Gasteiger partial charge < -0.3 is 10.0 Å². The lowest BCUT2D eigenvalue weighted by atomic mass is 10.2. The fourth-order valence-electron chi connectivity index (χ4n) is 2.34. The van der Waals surface area contributed by atoms with Gasteiger partial charge in [0.05, 0.1) is 6.61 Å². The van der Waals surface area contributed by atoms with Crippen LogP contribution >= 0.6 is 0 Å². The average molecular weight is 221 g/mol. The van der Waals surface area contributed by atoms with Gasteiger partial charge in [0.2, 0.25) is 5.95 Å². The normalized spacial score (nSPS) is 16.6. The van der Waals surface area contributed by atoms with Crippen LogP contribution in [-0.4, -0.2) is 34.3 Å². The van der Waals surface area contributed by atoms with Crippen molar-refractivity contribution in [3.05, 3.63) is 18.0 Å². The zero-order chi connectivity index (χ0) is 11.4. The van der Waals surface area contributed by atoms with Crippen molar-refractivity contribution in [3.8, 4) is 0 Å². The Kier molecular flexibility index (Phi) is 3.72. The van der Waals surface area contributed by atoms with E-state index in [1.54, 1.807) is 6.20 Å². The van der Waals surface area contributed by atoms with Gasteiger partial charge in [-0.15, -0.1) is 0 Å². The first kappa shape index (κ1) is 11.3. The molecule has 16 heavy (non-hydrogen) atoms. The molecule has 1 fully saturated rings. The fourth-order valence-corrected chi connectivity index (χ4v) is 2.34. The molecule has 0 atom stereocenters. The minimum atomic E-state index is 0.161. The highest BCUT2D eigenvalue weighted by Crippen LogP contribution is 2.25. The van der Waals surface area contributed by atoms with Gasteiger partial charge in [0.1, 0.15) is 0 Å². The van der Waals surface area contributed by atoms with Gasteiger partial charge in [-0.1, -0.05) is 12.8 Å². The van der Waals surface area contributed by atoms with E-state index < -0.39 is 0 Å². The van der Waals surface area contributed by atoms with Gasteiger partial charge in [0, 0.05) is 24.5 Å². The van der Waals surface area contributed by atoms with E-state index in [-0.39, 0.29) is 6.61 Å². The SMILES string of the molecule is Cc1ccnc(N(CCO)C2CCCC2)n1. The van der Waals surface area contributed by atoms with E-state index in [0.29, 0.717) is 12.6 Å². The first-order valence-electron chi connectivity index (χ1n) is 5.98. The van der Waals surface area contributed by atoms with Crippen molar-refractivity contribution in [2.24, 2.45) is 0 Å². The fraction of sp³-hybridized carbons (Fsp3) is 0.667. The molecule has 0 spiro atoms. The number of aliphatic hydroxyl groups excluding tert-OH is 1. The number of nitrogens with zero attached hydrogens (tertiary/aromatic N) is 3. The van der Waals surface area contributed by atoms with Gasteiger partial charge in [-0.25, -0.2) is 9.97 Å². The molecule has 0 unspecified atom stereocenters. The van der Waals surface area contributed by atoms with Gasteiger partial charge in [-0.3, -0.25) is 0 Å². The molecular formula is C12H19N3O. The summed E-state index contributed by atoms with van der Waals surface area (Å²) >= 11 is 0. The van der Waals surface area contributed by atoms with Gasteiger partial charge in [0.25, 0.3) is 0 Å². The zero-order valence-electron chi connectivity index (χ0n) is 9.76. The van der Waals surface area contributed by atoms with Crippen LogP contribution < -0.4 is 4.90 Å². The summed E-state index contributed by atoms with van der Waals surface area (Å²) < 4.78 is 0. The molecule has 1 aliphatic carbocycles. The molecule has 0 aromatic carbocycles. The minimum absolute atomic E-state index is 0.161. The molecule has 0 amide bonds. The second-order valence-electron chi connectivity index (χ2n) is 4.35. The first-order valence-corrected chi connectivity index (χ1v) is 5.98. The third kappa shape index (κ3) is 2.50. The second kappa shape index (κ2) is 5.25. The zero-order valence-corrected chi connectivity index (χ0v) is 9.76. The summed E-state index contributed by atoms with van der Waals surface area (Å²) in [5.41, 5.74) is 0.978. The lowest BCUT2D eigenvalue weighted by Gasteiger charge is -2.28. The average Bonchev–Trinajstić information content (AvgIpc) is 2.79. The molecule has 0 saturated heterocycles. The maximum atomic E-state index is 9.13. The van der Waals surface area contributed by atoms with E-state index in [9.17, 15) is 0 Å². The lowest BCUT2D eigenvalue weighted by Crippen LogP contribution is -2.37. The first-order chi connectivity index (χ1) is 7.81. The predicted molar refractivity (Wildman–Crippen MR) is 63.5 cm³/mol. The molecule has 88 valence electrons. The number of hydrogen-bond acceptors (Lipinski definition) is 4. The Balaban J connectivity index is 2.17. The molecular weight excluding hydrogens is 202 g/mol. The molecule has 1 heterocycles. The number of anilines is 1. The summed E-state index contributed by atoms with van der Waals surface area (Å²) in [4.78, 5) is 10.9.